The lowest BCUT2D eigenvalue weighted by atomic mass is 10.1. The maximum absolute atomic E-state index is 12.4. The highest BCUT2D eigenvalue weighted by Crippen LogP contribution is 2.15. The fraction of sp³-hybridized carbons (Fsp3) is 0.462. The molecule has 0 saturated carbocycles. The zero-order valence-corrected chi connectivity index (χ0v) is 14.5. The lowest BCUT2D eigenvalue weighted by Crippen LogP contribution is -2.53. The van der Waals surface area contributed by atoms with Crippen LogP contribution in [0.2, 0.25) is 0 Å². The number of oxime groups is 1. The summed E-state index contributed by atoms with van der Waals surface area (Å²) in [6.07, 6.45) is 0. The Kier molecular flexibility index (Phi) is 6.42. The van der Waals surface area contributed by atoms with Crippen molar-refractivity contribution in [2.24, 2.45) is 10.9 Å². The van der Waals surface area contributed by atoms with Crippen LogP contribution in [-0.2, 0) is 19.2 Å². The van der Waals surface area contributed by atoms with Crippen LogP contribution in [0.5, 0.6) is 0 Å². The molecular weight excluding hydrogens is 354 g/mol. The summed E-state index contributed by atoms with van der Waals surface area (Å²) < 4.78 is 0. The Hall–Kier alpha value is -2.73. The molecule has 138 valence electrons. The highest BCUT2D eigenvalue weighted by atomic mass is 32.1. The smallest absolute Gasteiger partial charge is 0.350 e. The normalized spacial score (nSPS) is 14.5. The van der Waals surface area contributed by atoms with Crippen LogP contribution in [0, 0.1) is 0 Å². The number of aliphatic carboxylic acids is 2. The number of carbonyl (C=O) groups is 3. The van der Waals surface area contributed by atoms with Gasteiger partial charge in [-0.2, -0.15) is 0 Å². The molecule has 25 heavy (non-hydrogen) atoms. The van der Waals surface area contributed by atoms with Crippen molar-refractivity contribution >= 4 is 40.0 Å². The Labute approximate surface area is 146 Å². The molecular formula is C13H19N5O6S. The maximum atomic E-state index is 12.4. The summed E-state index contributed by atoms with van der Waals surface area (Å²) in [5.74, 6) is -3.60. The first-order valence-electron chi connectivity index (χ1n) is 6.96. The van der Waals surface area contributed by atoms with E-state index in [1.165, 1.54) is 26.2 Å². The molecule has 12 heteroatoms. The number of hydrogen-bond acceptors (Lipinski definition) is 9. The molecule has 0 saturated heterocycles. The van der Waals surface area contributed by atoms with E-state index in [4.69, 9.17) is 26.5 Å². The van der Waals surface area contributed by atoms with Gasteiger partial charge in [0.1, 0.15) is 11.7 Å². The van der Waals surface area contributed by atoms with Gasteiger partial charge in [-0.3, -0.25) is 4.79 Å². The standard InChI is InChI=1S/C13H19N5O6S/c1-5(14)7(10(20)21)17-9(19)8(6-4-25-12(15)16-6)18-24-13(2,3)11(22)23/h4-5,7H,14H2,1-3H3,(H2,15,16)(H,17,19)(H,20,21)(H,22,23)/b18-8+. The quantitative estimate of drug-likeness (QED) is 0.287. The topological polar surface area (TPSA) is 190 Å². The third kappa shape index (κ3) is 5.39. The number of anilines is 1. The van der Waals surface area contributed by atoms with Gasteiger partial charge in [0.15, 0.2) is 10.8 Å². The molecule has 1 rings (SSSR count). The Morgan fingerprint density at radius 3 is 2.40 bits per heavy atom. The summed E-state index contributed by atoms with van der Waals surface area (Å²) in [4.78, 5) is 43.4. The average molecular weight is 373 g/mol. The number of nitrogens with two attached hydrogens (primary N) is 2. The molecule has 7 N–H and O–H groups in total. The van der Waals surface area contributed by atoms with Crippen LogP contribution >= 0.6 is 11.3 Å². The number of nitrogen functional groups attached to an aromatic ring is 1. The van der Waals surface area contributed by atoms with Crippen molar-refractivity contribution in [3.63, 3.8) is 0 Å². The zero-order valence-electron chi connectivity index (χ0n) is 13.7. The molecule has 1 heterocycles. The second-order valence-electron chi connectivity index (χ2n) is 5.57. The zero-order chi connectivity index (χ0) is 19.4. The van der Waals surface area contributed by atoms with Gasteiger partial charge < -0.3 is 31.8 Å². The van der Waals surface area contributed by atoms with Gasteiger partial charge in [0.2, 0.25) is 5.60 Å². The fourth-order valence-corrected chi connectivity index (χ4v) is 1.98. The van der Waals surface area contributed by atoms with Gasteiger partial charge in [-0.15, -0.1) is 11.3 Å². The number of carboxylic acid groups (broad SMARTS) is 2. The van der Waals surface area contributed by atoms with E-state index >= 15 is 0 Å². The van der Waals surface area contributed by atoms with Crippen molar-refractivity contribution in [2.45, 2.75) is 38.5 Å². The second kappa shape index (κ2) is 7.90. The molecule has 1 aromatic heterocycles. The molecule has 0 fully saturated rings. The minimum Gasteiger partial charge on any atom is -0.480 e. The summed E-state index contributed by atoms with van der Waals surface area (Å²) in [6, 6.07) is -2.28. The van der Waals surface area contributed by atoms with E-state index in [0.717, 1.165) is 11.3 Å². The van der Waals surface area contributed by atoms with Crippen molar-refractivity contribution in [3.05, 3.63) is 11.1 Å². The summed E-state index contributed by atoms with van der Waals surface area (Å²) in [6.45, 7) is 3.86. The SMILES string of the molecule is CC(N)C(NC(=O)/C(=N/OC(C)(C)C(=O)O)c1csc(N)n1)C(=O)O. The number of hydrogen-bond donors (Lipinski definition) is 5. The van der Waals surface area contributed by atoms with E-state index in [1.807, 2.05) is 0 Å². The molecule has 0 aliphatic heterocycles. The van der Waals surface area contributed by atoms with Crippen LogP contribution in [0.4, 0.5) is 5.13 Å². The Morgan fingerprint density at radius 2 is 2.00 bits per heavy atom. The van der Waals surface area contributed by atoms with E-state index in [1.54, 1.807) is 0 Å². The third-order valence-corrected chi connectivity index (χ3v) is 3.61. The van der Waals surface area contributed by atoms with E-state index < -0.39 is 41.2 Å². The summed E-state index contributed by atoms with van der Waals surface area (Å²) >= 11 is 1.01. The number of nitrogens with zero attached hydrogens (tertiary/aromatic N) is 2. The van der Waals surface area contributed by atoms with Crippen LogP contribution < -0.4 is 16.8 Å². The first-order valence-corrected chi connectivity index (χ1v) is 7.84. The van der Waals surface area contributed by atoms with E-state index in [0.29, 0.717) is 0 Å². The number of carboxylic acids is 2. The minimum absolute atomic E-state index is 0.00926. The van der Waals surface area contributed by atoms with Gasteiger partial charge in [-0.05, 0) is 20.8 Å². The second-order valence-corrected chi connectivity index (χ2v) is 6.46. The Morgan fingerprint density at radius 1 is 1.40 bits per heavy atom. The summed E-state index contributed by atoms with van der Waals surface area (Å²) in [7, 11) is 0. The minimum atomic E-state index is -1.72. The molecule has 2 atom stereocenters. The molecule has 2 unspecified atom stereocenters. The number of carbonyl (C=O) groups excluding carboxylic acids is 1. The highest BCUT2D eigenvalue weighted by molar-refractivity contribution is 7.13. The average Bonchev–Trinajstić information content (AvgIpc) is 2.90. The van der Waals surface area contributed by atoms with Crippen LogP contribution in [-0.4, -0.2) is 56.4 Å². The largest absolute Gasteiger partial charge is 0.480 e. The molecule has 0 aromatic carbocycles. The fourth-order valence-electron chi connectivity index (χ4n) is 1.43. The molecule has 0 bridgehead atoms. The van der Waals surface area contributed by atoms with Crippen LogP contribution in [0.25, 0.3) is 0 Å². The molecule has 1 amide bonds. The van der Waals surface area contributed by atoms with Gasteiger partial charge >= 0.3 is 11.9 Å². The molecule has 0 spiro atoms. The van der Waals surface area contributed by atoms with Crippen LogP contribution in [0.1, 0.15) is 26.5 Å². The number of aromatic nitrogens is 1. The summed E-state index contributed by atoms with van der Waals surface area (Å²) in [5.41, 5.74) is 8.92. The van der Waals surface area contributed by atoms with Crippen LogP contribution in [0.15, 0.2) is 10.5 Å². The number of nitrogens with one attached hydrogen (secondary N) is 1. The first-order chi connectivity index (χ1) is 11.5. The van der Waals surface area contributed by atoms with Gasteiger partial charge in [-0.1, -0.05) is 5.16 Å². The number of thiazole rings is 1. The monoisotopic (exact) mass is 373 g/mol. The first kappa shape index (κ1) is 20.3. The van der Waals surface area contributed by atoms with E-state index in [-0.39, 0.29) is 10.8 Å². The predicted octanol–water partition coefficient (Wildman–Crippen LogP) is -0.774. The van der Waals surface area contributed by atoms with Crippen molar-refractivity contribution in [3.8, 4) is 0 Å². The van der Waals surface area contributed by atoms with Gasteiger partial charge in [0, 0.05) is 11.4 Å². The number of amides is 1. The predicted molar refractivity (Wildman–Crippen MR) is 89.1 cm³/mol. The highest BCUT2D eigenvalue weighted by Gasteiger charge is 2.32. The third-order valence-electron chi connectivity index (χ3n) is 2.94. The van der Waals surface area contributed by atoms with Gasteiger partial charge in [0.05, 0.1) is 0 Å². The molecule has 11 nitrogen and oxygen atoms in total. The molecule has 1 aromatic rings. The Balaban J connectivity index is 3.17. The van der Waals surface area contributed by atoms with Gasteiger partial charge in [-0.25, -0.2) is 14.6 Å². The molecule has 0 radical (unpaired) electrons. The van der Waals surface area contributed by atoms with Crippen molar-refractivity contribution < 1.29 is 29.4 Å². The van der Waals surface area contributed by atoms with Crippen molar-refractivity contribution in [1.29, 1.82) is 0 Å². The van der Waals surface area contributed by atoms with Crippen molar-refractivity contribution in [2.75, 3.05) is 5.73 Å². The summed E-state index contributed by atoms with van der Waals surface area (Å²) in [5, 5.41) is 25.4. The van der Waals surface area contributed by atoms with Gasteiger partial charge in [0.25, 0.3) is 5.91 Å². The Bertz CT molecular complexity index is 699. The number of rotatable bonds is 8. The molecule has 0 aliphatic carbocycles. The van der Waals surface area contributed by atoms with Crippen molar-refractivity contribution in [1.82, 2.24) is 10.3 Å². The van der Waals surface area contributed by atoms with Crippen LogP contribution in [0.3, 0.4) is 0 Å². The van der Waals surface area contributed by atoms with E-state index in [2.05, 4.69) is 15.5 Å². The molecule has 0 aliphatic rings. The lowest BCUT2D eigenvalue weighted by molar-refractivity contribution is -0.161. The van der Waals surface area contributed by atoms with E-state index in [9.17, 15) is 14.4 Å². The lowest BCUT2D eigenvalue weighted by Gasteiger charge is -2.19. The maximum Gasteiger partial charge on any atom is 0.350 e.